The first kappa shape index (κ1) is 16.2. The van der Waals surface area contributed by atoms with Crippen LogP contribution < -0.4 is 10.2 Å². The van der Waals surface area contributed by atoms with E-state index in [1.807, 2.05) is 42.6 Å². The van der Waals surface area contributed by atoms with Crippen LogP contribution in [-0.4, -0.2) is 11.2 Å². The molecule has 2 aromatic carbocycles. The van der Waals surface area contributed by atoms with Crippen LogP contribution in [0.4, 0.5) is 5.13 Å². The van der Waals surface area contributed by atoms with Gasteiger partial charge in [0.25, 0.3) is 0 Å². The third-order valence-corrected chi connectivity index (χ3v) is 4.23. The molecule has 0 unspecified atom stereocenters. The van der Waals surface area contributed by atoms with Crippen molar-refractivity contribution in [2.45, 2.75) is 20.5 Å². The van der Waals surface area contributed by atoms with Crippen molar-refractivity contribution in [2.24, 2.45) is 5.10 Å². The van der Waals surface area contributed by atoms with Gasteiger partial charge in [0.2, 0.25) is 5.13 Å². The zero-order valence-corrected chi connectivity index (χ0v) is 14.5. The summed E-state index contributed by atoms with van der Waals surface area (Å²) in [5, 5.41) is 6.97. The average molecular weight is 337 g/mol. The van der Waals surface area contributed by atoms with Gasteiger partial charge in [-0.05, 0) is 49.2 Å². The van der Waals surface area contributed by atoms with E-state index < -0.39 is 0 Å². The third-order valence-electron chi connectivity index (χ3n) is 3.36. The van der Waals surface area contributed by atoms with Crippen molar-refractivity contribution >= 4 is 22.7 Å². The molecule has 3 aromatic rings. The Morgan fingerprint density at radius 2 is 2.00 bits per heavy atom. The van der Waals surface area contributed by atoms with Gasteiger partial charge in [-0.3, -0.25) is 5.43 Å². The van der Waals surface area contributed by atoms with E-state index in [-0.39, 0.29) is 0 Å². The van der Waals surface area contributed by atoms with Crippen LogP contribution >= 0.6 is 11.3 Å². The van der Waals surface area contributed by atoms with Gasteiger partial charge in [0.15, 0.2) is 0 Å². The maximum Gasteiger partial charge on any atom is 0.203 e. The minimum Gasteiger partial charge on any atom is -0.489 e. The Morgan fingerprint density at radius 3 is 2.71 bits per heavy atom. The maximum atomic E-state index is 5.81. The van der Waals surface area contributed by atoms with Gasteiger partial charge in [-0.15, -0.1) is 11.3 Å². The second-order valence-corrected chi connectivity index (χ2v) is 6.37. The first-order chi connectivity index (χ1) is 11.7. The highest BCUT2D eigenvalue weighted by Gasteiger charge is 1.98. The molecule has 1 aromatic heterocycles. The lowest BCUT2D eigenvalue weighted by molar-refractivity contribution is 0.306. The molecule has 0 bridgehead atoms. The summed E-state index contributed by atoms with van der Waals surface area (Å²) in [6.45, 7) is 4.61. The number of rotatable bonds is 6. The topological polar surface area (TPSA) is 46.5 Å². The Balaban J connectivity index is 1.53. The third kappa shape index (κ3) is 4.67. The molecule has 1 N–H and O–H groups in total. The quantitative estimate of drug-likeness (QED) is 0.520. The average Bonchev–Trinajstić information content (AvgIpc) is 3.00. The van der Waals surface area contributed by atoms with E-state index in [4.69, 9.17) is 4.74 Å². The second kappa shape index (κ2) is 7.75. The molecule has 0 aliphatic rings. The molecule has 24 heavy (non-hydrogen) atoms. The summed E-state index contributed by atoms with van der Waals surface area (Å²) in [4.78, 5) is 4.29. The SMILES string of the molecule is Cc1cccc(COc2ccc(C=NNc3nc(C)cs3)cc2)c1. The molecular formula is C19H19N3OS. The van der Waals surface area contributed by atoms with Crippen LogP contribution in [0.5, 0.6) is 5.75 Å². The fourth-order valence-electron chi connectivity index (χ4n) is 2.19. The van der Waals surface area contributed by atoms with E-state index in [9.17, 15) is 0 Å². The van der Waals surface area contributed by atoms with Crippen molar-refractivity contribution in [2.75, 3.05) is 5.43 Å². The largest absolute Gasteiger partial charge is 0.489 e. The van der Waals surface area contributed by atoms with E-state index in [0.29, 0.717) is 6.61 Å². The number of thiazole rings is 1. The number of aromatic nitrogens is 1. The summed E-state index contributed by atoms with van der Waals surface area (Å²) in [5.74, 6) is 0.845. The molecule has 0 atom stereocenters. The Morgan fingerprint density at radius 1 is 1.17 bits per heavy atom. The number of ether oxygens (including phenoxy) is 1. The van der Waals surface area contributed by atoms with Crippen LogP contribution in [0.3, 0.4) is 0 Å². The molecule has 0 fully saturated rings. The zero-order chi connectivity index (χ0) is 16.8. The van der Waals surface area contributed by atoms with Crippen LogP contribution in [0.25, 0.3) is 0 Å². The first-order valence-corrected chi connectivity index (χ1v) is 8.56. The molecule has 0 amide bonds. The van der Waals surface area contributed by atoms with E-state index in [1.54, 1.807) is 6.21 Å². The van der Waals surface area contributed by atoms with Gasteiger partial charge in [-0.2, -0.15) is 5.10 Å². The molecular weight excluding hydrogens is 318 g/mol. The van der Waals surface area contributed by atoms with Crippen LogP contribution in [0.2, 0.25) is 0 Å². The highest BCUT2D eigenvalue weighted by Crippen LogP contribution is 2.15. The van der Waals surface area contributed by atoms with Gasteiger partial charge in [0.1, 0.15) is 12.4 Å². The van der Waals surface area contributed by atoms with Crippen molar-refractivity contribution in [1.82, 2.24) is 4.98 Å². The highest BCUT2D eigenvalue weighted by atomic mass is 32.1. The number of benzene rings is 2. The van der Waals surface area contributed by atoms with Crippen LogP contribution in [0.1, 0.15) is 22.4 Å². The number of aryl methyl sites for hydroxylation is 2. The molecule has 0 saturated heterocycles. The van der Waals surface area contributed by atoms with Gasteiger partial charge in [0.05, 0.1) is 11.9 Å². The predicted octanol–water partition coefficient (Wildman–Crippen LogP) is 4.78. The molecule has 1 heterocycles. The maximum absolute atomic E-state index is 5.81. The molecule has 4 nitrogen and oxygen atoms in total. The van der Waals surface area contributed by atoms with Crippen LogP contribution in [0, 0.1) is 13.8 Å². The van der Waals surface area contributed by atoms with Gasteiger partial charge in [-0.1, -0.05) is 29.8 Å². The normalized spacial score (nSPS) is 10.9. The number of hydrazone groups is 1. The Hall–Kier alpha value is -2.66. The number of hydrogen-bond acceptors (Lipinski definition) is 5. The lowest BCUT2D eigenvalue weighted by atomic mass is 10.1. The van der Waals surface area contributed by atoms with Gasteiger partial charge >= 0.3 is 0 Å². The monoisotopic (exact) mass is 337 g/mol. The summed E-state index contributed by atoms with van der Waals surface area (Å²) in [5.41, 5.74) is 7.33. The molecule has 0 saturated carbocycles. The Labute approximate surface area is 145 Å². The van der Waals surface area contributed by atoms with Crippen molar-refractivity contribution < 1.29 is 4.74 Å². The molecule has 0 aliphatic heterocycles. The molecule has 0 spiro atoms. The lowest BCUT2D eigenvalue weighted by Gasteiger charge is -2.07. The second-order valence-electron chi connectivity index (χ2n) is 5.51. The van der Waals surface area contributed by atoms with Gasteiger partial charge in [0, 0.05) is 5.38 Å². The molecule has 3 rings (SSSR count). The summed E-state index contributed by atoms with van der Waals surface area (Å²) in [7, 11) is 0. The fourth-order valence-corrected chi connectivity index (χ4v) is 2.82. The minimum atomic E-state index is 0.570. The van der Waals surface area contributed by atoms with E-state index >= 15 is 0 Å². The van der Waals surface area contributed by atoms with E-state index in [1.165, 1.54) is 22.5 Å². The van der Waals surface area contributed by atoms with E-state index in [0.717, 1.165) is 22.1 Å². The van der Waals surface area contributed by atoms with Crippen molar-refractivity contribution in [3.63, 3.8) is 0 Å². The van der Waals surface area contributed by atoms with Crippen LogP contribution in [-0.2, 0) is 6.61 Å². The number of hydrogen-bond donors (Lipinski definition) is 1. The summed E-state index contributed by atoms with van der Waals surface area (Å²) in [6.07, 6.45) is 1.76. The molecule has 122 valence electrons. The fraction of sp³-hybridized carbons (Fsp3) is 0.158. The standard InChI is InChI=1S/C19H19N3OS/c1-14-4-3-5-17(10-14)12-23-18-8-6-16(7-9-18)11-20-22-19-21-15(2)13-24-19/h3-11,13H,12H2,1-2H3,(H,21,22). The molecule has 5 heteroatoms. The van der Waals surface area contributed by atoms with Crippen LogP contribution in [0.15, 0.2) is 59.0 Å². The molecule has 0 radical (unpaired) electrons. The smallest absolute Gasteiger partial charge is 0.203 e. The highest BCUT2D eigenvalue weighted by molar-refractivity contribution is 7.13. The number of anilines is 1. The summed E-state index contributed by atoms with van der Waals surface area (Å²) >= 11 is 1.54. The first-order valence-electron chi connectivity index (χ1n) is 7.69. The van der Waals surface area contributed by atoms with Gasteiger partial charge < -0.3 is 4.74 Å². The summed E-state index contributed by atoms with van der Waals surface area (Å²) in [6, 6.07) is 16.2. The zero-order valence-electron chi connectivity index (χ0n) is 13.7. The number of nitrogens with one attached hydrogen (secondary N) is 1. The van der Waals surface area contributed by atoms with E-state index in [2.05, 4.69) is 40.6 Å². The minimum absolute atomic E-state index is 0.570. The van der Waals surface area contributed by atoms with Crippen molar-refractivity contribution in [3.8, 4) is 5.75 Å². The predicted molar refractivity (Wildman–Crippen MR) is 100 cm³/mol. The summed E-state index contributed by atoms with van der Waals surface area (Å²) < 4.78 is 5.81. The lowest BCUT2D eigenvalue weighted by Crippen LogP contribution is -1.96. The Kier molecular flexibility index (Phi) is 5.23. The van der Waals surface area contributed by atoms with Crippen molar-refractivity contribution in [3.05, 3.63) is 76.3 Å². The number of nitrogens with zero attached hydrogens (tertiary/aromatic N) is 2. The van der Waals surface area contributed by atoms with Gasteiger partial charge in [-0.25, -0.2) is 4.98 Å². The Bertz CT molecular complexity index is 825. The molecule has 0 aliphatic carbocycles. The van der Waals surface area contributed by atoms with Crippen molar-refractivity contribution in [1.29, 1.82) is 0 Å².